The number of aliphatic hydroxyl groups is 1. The fourth-order valence-electron chi connectivity index (χ4n) is 3.27. The lowest BCUT2D eigenvalue weighted by Gasteiger charge is -2.11. The molecule has 4 aromatic rings. The van der Waals surface area contributed by atoms with Gasteiger partial charge in [-0.25, -0.2) is 9.78 Å². The molecule has 0 aliphatic rings. The summed E-state index contributed by atoms with van der Waals surface area (Å²) < 4.78 is 8.59. The Kier molecular flexibility index (Phi) is 3.93. The van der Waals surface area contributed by atoms with Crippen LogP contribution in [0.3, 0.4) is 0 Å². The summed E-state index contributed by atoms with van der Waals surface area (Å²) in [6, 6.07) is 10.6. The van der Waals surface area contributed by atoms with Crippen LogP contribution in [-0.2, 0) is 19.7 Å². The van der Waals surface area contributed by atoms with Crippen LogP contribution in [-0.4, -0.2) is 19.2 Å². The zero-order valence-electron chi connectivity index (χ0n) is 14.2. The van der Waals surface area contributed by atoms with Gasteiger partial charge in [-0.15, -0.1) is 0 Å². The van der Waals surface area contributed by atoms with E-state index in [4.69, 9.17) is 4.42 Å². The van der Waals surface area contributed by atoms with Gasteiger partial charge in [-0.05, 0) is 30.7 Å². The maximum atomic E-state index is 12.8. The number of nitrogens with zero attached hydrogens (tertiary/aromatic N) is 3. The number of aliphatic hydroxyl groups excluding tert-OH is 1. The second-order valence-electron chi connectivity index (χ2n) is 6.13. The van der Waals surface area contributed by atoms with E-state index in [2.05, 4.69) is 4.98 Å². The minimum Gasteiger partial charge on any atom is -0.422 e. The van der Waals surface area contributed by atoms with Crippen LogP contribution in [0.2, 0.25) is 0 Å². The van der Waals surface area contributed by atoms with Gasteiger partial charge in [0.05, 0.1) is 16.4 Å². The predicted molar refractivity (Wildman–Crippen MR) is 97.1 cm³/mol. The molecule has 0 aliphatic heterocycles. The molecule has 0 aliphatic carbocycles. The first-order valence-electron chi connectivity index (χ1n) is 8.27. The number of para-hydroxylation sites is 2. The maximum Gasteiger partial charge on any atom is 0.336 e. The second-order valence-corrected chi connectivity index (χ2v) is 6.13. The first-order valence-corrected chi connectivity index (χ1v) is 8.27. The molecule has 7 heteroatoms. The van der Waals surface area contributed by atoms with Crippen LogP contribution >= 0.6 is 0 Å². The number of fused-ring (bicyclic) bond motifs is 2. The highest BCUT2D eigenvalue weighted by molar-refractivity contribution is 5.78. The Morgan fingerprint density at radius 3 is 2.77 bits per heavy atom. The van der Waals surface area contributed by atoms with E-state index < -0.39 is 5.63 Å². The fourth-order valence-corrected chi connectivity index (χ4v) is 3.27. The molecule has 7 nitrogen and oxygen atoms in total. The van der Waals surface area contributed by atoms with Gasteiger partial charge < -0.3 is 18.7 Å². The number of rotatable bonds is 4. The summed E-state index contributed by atoms with van der Waals surface area (Å²) >= 11 is 0. The van der Waals surface area contributed by atoms with Crippen molar-refractivity contribution >= 4 is 22.0 Å². The Labute approximate surface area is 147 Å². The molecule has 1 aromatic carbocycles. The number of aromatic nitrogens is 3. The average molecular weight is 351 g/mol. The number of hydrogen-bond donors (Lipinski definition) is 1. The summed E-state index contributed by atoms with van der Waals surface area (Å²) in [6.45, 7) is 2.43. The lowest BCUT2D eigenvalue weighted by atomic mass is 10.2. The lowest BCUT2D eigenvalue weighted by Crippen LogP contribution is -2.23. The molecule has 0 fully saturated rings. The van der Waals surface area contributed by atoms with Crippen molar-refractivity contribution in [3.63, 3.8) is 0 Å². The molecule has 132 valence electrons. The first-order chi connectivity index (χ1) is 12.6. The van der Waals surface area contributed by atoms with Gasteiger partial charge in [-0.2, -0.15) is 0 Å². The molecule has 26 heavy (non-hydrogen) atoms. The van der Waals surface area contributed by atoms with Crippen LogP contribution in [0.1, 0.15) is 11.4 Å². The standard InChI is InChI=1S/C19H17N3O4/c1-12-10-17(24)26-15-6-7-21(19(25)18(12)15)8-9-22-14-5-3-2-4-13(14)20-16(22)11-23/h2-7,10,23H,8-9,11H2,1H3. The minimum atomic E-state index is -0.468. The van der Waals surface area contributed by atoms with Crippen molar-refractivity contribution in [3.05, 3.63) is 74.8 Å². The molecular weight excluding hydrogens is 334 g/mol. The average Bonchev–Trinajstić information content (AvgIpc) is 2.98. The van der Waals surface area contributed by atoms with Crippen molar-refractivity contribution in [2.45, 2.75) is 26.6 Å². The summed E-state index contributed by atoms with van der Waals surface area (Å²) in [7, 11) is 0. The molecule has 0 unspecified atom stereocenters. The molecule has 0 saturated carbocycles. The van der Waals surface area contributed by atoms with E-state index in [1.807, 2.05) is 28.8 Å². The van der Waals surface area contributed by atoms with Gasteiger partial charge in [0.2, 0.25) is 0 Å². The molecule has 0 bridgehead atoms. The monoisotopic (exact) mass is 351 g/mol. The molecule has 0 spiro atoms. The van der Waals surface area contributed by atoms with Crippen LogP contribution in [0.4, 0.5) is 0 Å². The summed E-state index contributed by atoms with van der Waals surface area (Å²) in [5.41, 5.74) is 1.93. The number of pyridine rings is 1. The van der Waals surface area contributed by atoms with E-state index in [0.717, 1.165) is 11.0 Å². The van der Waals surface area contributed by atoms with Gasteiger partial charge in [0.1, 0.15) is 18.0 Å². The number of imidazole rings is 1. The topological polar surface area (TPSA) is 90.3 Å². The van der Waals surface area contributed by atoms with Gasteiger partial charge in [-0.3, -0.25) is 4.79 Å². The third kappa shape index (κ3) is 2.62. The van der Waals surface area contributed by atoms with Crippen molar-refractivity contribution in [2.75, 3.05) is 0 Å². The highest BCUT2D eigenvalue weighted by Crippen LogP contribution is 2.16. The van der Waals surface area contributed by atoms with E-state index >= 15 is 0 Å². The fraction of sp³-hybridized carbons (Fsp3) is 0.211. The molecule has 3 aromatic heterocycles. The van der Waals surface area contributed by atoms with Crippen LogP contribution in [0.25, 0.3) is 22.0 Å². The van der Waals surface area contributed by atoms with Crippen molar-refractivity contribution in [1.82, 2.24) is 14.1 Å². The summed E-state index contributed by atoms with van der Waals surface area (Å²) in [5, 5.41) is 9.99. The Bertz CT molecular complexity index is 1230. The van der Waals surface area contributed by atoms with Gasteiger partial charge in [0.15, 0.2) is 0 Å². The van der Waals surface area contributed by atoms with Gasteiger partial charge in [-0.1, -0.05) is 12.1 Å². The molecule has 0 atom stereocenters. The van der Waals surface area contributed by atoms with E-state index in [1.54, 1.807) is 23.8 Å². The molecular formula is C19H17N3O4. The third-order valence-electron chi connectivity index (χ3n) is 4.51. The van der Waals surface area contributed by atoms with Crippen molar-refractivity contribution in [3.8, 4) is 0 Å². The largest absolute Gasteiger partial charge is 0.422 e. The highest BCUT2D eigenvalue weighted by atomic mass is 16.4. The summed E-state index contributed by atoms with van der Waals surface area (Å²) in [5.74, 6) is 0.558. The summed E-state index contributed by atoms with van der Waals surface area (Å²) in [6.07, 6.45) is 1.62. The second kappa shape index (κ2) is 6.27. The smallest absolute Gasteiger partial charge is 0.336 e. The quantitative estimate of drug-likeness (QED) is 0.605. The number of aryl methyl sites for hydroxylation is 3. The Morgan fingerprint density at radius 2 is 1.96 bits per heavy atom. The van der Waals surface area contributed by atoms with Crippen LogP contribution in [0.5, 0.6) is 0 Å². The Hall–Kier alpha value is -3.19. The molecule has 3 heterocycles. The molecule has 0 radical (unpaired) electrons. The van der Waals surface area contributed by atoms with Crippen LogP contribution in [0.15, 0.2) is 56.6 Å². The Morgan fingerprint density at radius 1 is 1.15 bits per heavy atom. The van der Waals surface area contributed by atoms with E-state index in [0.29, 0.717) is 35.4 Å². The normalized spacial score (nSPS) is 11.5. The van der Waals surface area contributed by atoms with E-state index in [-0.39, 0.29) is 12.2 Å². The van der Waals surface area contributed by atoms with Gasteiger partial charge in [0, 0.05) is 25.4 Å². The van der Waals surface area contributed by atoms with Gasteiger partial charge >= 0.3 is 5.63 Å². The van der Waals surface area contributed by atoms with E-state index in [1.165, 1.54) is 6.07 Å². The molecule has 0 amide bonds. The van der Waals surface area contributed by atoms with Crippen molar-refractivity contribution in [1.29, 1.82) is 0 Å². The van der Waals surface area contributed by atoms with Crippen molar-refractivity contribution < 1.29 is 9.52 Å². The SMILES string of the molecule is Cc1cc(=O)oc2ccn(CCn3c(CO)nc4ccccc43)c(=O)c12. The molecule has 1 N–H and O–H groups in total. The van der Waals surface area contributed by atoms with Crippen LogP contribution < -0.4 is 11.2 Å². The number of hydrogen-bond acceptors (Lipinski definition) is 5. The highest BCUT2D eigenvalue weighted by Gasteiger charge is 2.12. The number of benzene rings is 1. The van der Waals surface area contributed by atoms with Gasteiger partial charge in [0.25, 0.3) is 5.56 Å². The maximum absolute atomic E-state index is 12.8. The van der Waals surface area contributed by atoms with Crippen molar-refractivity contribution in [2.24, 2.45) is 0 Å². The summed E-state index contributed by atoms with van der Waals surface area (Å²) in [4.78, 5) is 28.6. The van der Waals surface area contributed by atoms with E-state index in [9.17, 15) is 14.7 Å². The molecule has 4 rings (SSSR count). The zero-order valence-corrected chi connectivity index (χ0v) is 14.2. The first kappa shape index (κ1) is 16.3. The predicted octanol–water partition coefficient (Wildman–Crippen LogP) is 1.81. The van der Waals surface area contributed by atoms with Crippen LogP contribution in [0, 0.1) is 6.92 Å². The molecule has 0 saturated heterocycles. The zero-order chi connectivity index (χ0) is 18.3. The Balaban J connectivity index is 1.74. The minimum absolute atomic E-state index is 0.175. The lowest BCUT2D eigenvalue weighted by molar-refractivity contribution is 0.265. The third-order valence-corrected chi connectivity index (χ3v) is 4.51.